The van der Waals surface area contributed by atoms with Gasteiger partial charge in [0.1, 0.15) is 6.04 Å². The normalized spacial score (nSPS) is 11.7. The van der Waals surface area contributed by atoms with E-state index in [4.69, 9.17) is 0 Å². The molecule has 0 spiro atoms. The number of hydrogen-bond acceptors (Lipinski definition) is 3. The lowest BCUT2D eigenvalue weighted by Crippen LogP contribution is -2.47. The smallest absolute Gasteiger partial charge is 0.242 e. The summed E-state index contributed by atoms with van der Waals surface area (Å²) in [4.78, 5) is 28.5. The van der Waals surface area contributed by atoms with Gasteiger partial charge in [-0.05, 0) is 38.0 Å². The minimum Gasteiger partial charge on any atom is -0.354 e. The lowest BCUT2D eigenvalue weighted by atomic mass is 10.1. The van der Waals surface area contributed by atoms with Crippen molar-refractivity contribution in [1.82, 2.24) is 10.2 Å². The Morgan fingerprint density at radius 1 is 1.10 bits per heavy atom. The van der Waals surface area contributed by atoms with Crippen molar-refractivity contribution in [2.75, 3.05) is 12.3 Å². The van der Waals surface area contributed by atoms with Crippen molar-refractivity contribution >= 4 is 23.6 Å². The SMILES string of the molecule is CCCCNC(=O)C(C)N(Cc1cccc(C)c1)C(=O)CCSc1ccccc1. The van der Waals surface area contributed by atoms with E-state index in [1.54, 1.807) is 16.7 Å². The van der Waals surface area contributed by atoms with E-state index in [0.717, 1.165) is 28.9 Å². The van der Waals surface area contributed by atoms with Crippen LogP contribution in [0.3, 0.4) is 0 Å². The maximum absolute atomic E-state index is 13.0. The molecule has 0 aliphatic heterocycles. The first-order chi connectivity index (χ1) is 14.0. The summed E-state index contributed by atoms with van der Waals surface area (Å²) in [7, 11) is 0. The molecule has 1 unspecified atom stereocenters. The highest BCUT2D eigenvalue weighted by atomic mass is 32.2. The molecule has 156 valence electrons. The van der Waals surface area contributed by atoms with Crippen molar-refractivity contribution in [2.24, 2.45) is 0 Å². The van der Waals surface area contributed by atoms with Crippen LogP contribution in [-0.4, -0.2) is 35.1 Å². The van der Waals surface area contributed by atoms with Crippen molar-refractivity contribution in [1.29, 1.82) is 0 Å². The molecule has 2 aromatic rings. The Hall–Kier alpha value is -2.27. The number of benzene rings is 2. The second-order valence-electron chi connectivity index (χ2n) is 7.24. The van der Waals surface area contributed by atoms with Gasteiger partial charge in [-0.25, -0.2) is 0 Å². The summed E-state index contributed by atoms with van der Waals surface area (Å²) >= 11 is 1.66. The number of thioether (sulfide) groups is 1. The first-order valence-electron chi connectivity index (χ1n) is 10.3. The van der Waals surface area contributed by atoms with E-state index in [9.17, 15) is 9.59 Å². The third-order valence-electron chi connectivity index (χ3n) is 4.76. The zero-order valence-electron chi connectivity index (χ0n) is 17.7. The van der Waals surface area contributed by atoms with Crippen LogP contribution in [0.25, 0.3) is 0 Å². The standard InChI is InChI=1S/C24H32N2O2S/c1-4-5-15-25-24(28)20(3)26(18-21-11-9-10-19(2)17-21)23(27)14-16-29-22-12-7-6-8-13-22/h6-13,17,20H,4-5,14-16,18H2,1-3H3,(H,25,28). The molecule has 2 rings (SSSR count). The Morgan fingerprint density at radius 3 is 2.55 bits per heavy atom. The van der Waals surface area contributed by atoms with Crippen molar-refractivity contribution in [2.45, 2.75) is 57.5 Å². The molecular weight excluding hydrogens is 380 g/mol. The van der Waals surface area contributed by atoms with E-state index in [1.165, 1.54) is 0 Å². The van der Waals surface area contributed by atoms with Crippen LogP contribution in [0.1, 0.15) is 44.2 Å². The Morgan fingerprint density at radius 2 is 1.86 bits per heavy atom. The molecule has 4 nitrogen and oxygen atoms in total. The lowest BCUT2D eigenvalue weighted by molar-refractivity contribution is -0.140. The maximum atomic E-state index is 13.0. The van der Waals surface area contributed by atoms with Gasteiger partial charge in [0.15, 0.2) is 0 Å². The number of nitrogens with one attached hydrogen (secondary N) is 1. The van der Waals surface area contributed by atoms with E-state index < -0.39 is 6.04 Å². The molecule has 0 heterocycles. The number of aryl methyl sites for hydroxylation is 1. The van der Waals surface area contributed by atoms with Crippen LogP contribution < -0.4 is 5.32 Å². The number of nitrogens with zero attached hydrogens (tertiary/aromatic N) is 1. The van der Waals surface area contributed by atoms with Crippen molar-refractivity contribution in [3.63, 3.8) is 0 Å². The van der Waals surface area contributed by atoms with E-state index >= 15 is 0 Å². The molecule has 0 aliphatic carbocycles. The average Bonchev–Trinajstić information content (AvgIpc) is 2.72. The Balaban J connectivity index is 2.03. The van der Waals surface area contributed by atoms with Crippen molar-refractivity contribution < 1.29 is 9.59 Å². The maximum Gasteiger partial charge on any atom is 0.242 e. The lowest BCUT2D eigenvalue weighted by Gasteiger charge is -2.29. The number of carbonyl (C=O) groups excluding carboxylic acids is 2. The minimum atomic E-state index is -0.499. The number of rotatable bonds is 11. The fraction of sp³-hybridized carbons (Fsp3) is 0.417. The predicted molar refractivity (Wildman–Crippen MR) is 121 cm³/mol. The van der Waals surface area contributed by atoms with E-state index in [0.29, 0.717) is 25.3 Å². The van der Waals surface area contributed by atoms with Gasteiger partial charge in [-0.1, -0.05) is 61.4 Å². The zero-order valence-corrected chi connectivity index (χ0v) is 18.5. The highest BCUT2D eigenvalue weighted by Gasteiger charge is 2.25. The molecule has 0 radical (unpaired) electrons. The van der Waals surface area contributed by atoms with Gasteiger partial charge in [0.2, 0.25) is 11.8 Å². The zero-order chi connectivity index (χ0) is 21.1. The second-order valence-corrected chi connectivity index (χ2v) is 8.41. The topological polar surface area (TPSA) is 49.4 Å². The number of hydrogen-bond donors (Lipinski definition) is 1. The first-order valence-corrected chi connectivity index (χ1v) is 11.3. The molecule has 0 saturated heterocycles. The van der Waals surface area contributed by atoms with E-state index in [-0.39, 0.29) is 11.8 Å². The van der Waals surface area contributed by atoms with Gasteiger partial charge in [-0.3, -0.25) is 9.59 Å². The minimum absolute atomic E-state index is 0.00748. The van der Waals surface area contributed by atoms with Crippen LogP contribution in [0.2, 0.25) is 0 Å². The molecule has 0 aromatic heterocycles. The van der Waals surface area contributed by atoms with Gasteiger partial charge >= 0.3 is 0 Å². The van der Waals surface area contributed by atoms with Crippen LogP contribution in [0, 0.1) is 6.92 Å². The molecule has 5 heteroatoms. The van der Waals surface area contributed by atoms with Crippen molar-refractivity contribution in [3.05, 3.63) is 65.7 Å². The fourth-order valence-corrected chi connectivity index (χ4v) is 3.90. The molecule has 1 N–H and O–H groups in total. The Bertz CT molecular complexity index is 779. The van der Waals surface area contributed by atoms with Gasteiger partial charge in [-0.2, -0.15) is 0 Å². The van der Waals surface area contributed by atoms with Crippen LogP contribution in [0.15, 0.2) is 59.5 Å². The molecule has 2 amide bonds. The molecule has 29 heavy (non-hydrogen) atoms. The summed E-state index contributed by atoms with van der Waals surface area (Å²) < 4.78 is 0. The molecule has 0 bridgehead atoms. The summed E-state index contributed by atoms with van der Waals surface area (Å²) in [6.07, 6.45) is 2.37. The highest BCUT2D eigenvalue weighted by Crippen LogP contribution is 2.19. The van der Waals surface area contributed by atoms with Gasteiger partial charge in [0.05, 0.1) is 0 Å². The molecule has 0 aliphatic rings. The van der Waals surface area contributed by atoms with Gasteiger partial charge in [0.25, 0.3) is 0 Å². The molecule has 0 fully saturated rings. The summed E-state index contributed by atoms with van der Waals surface area (Å²) in [5.41, 5.74) is 2.19. The summed E-state index contributed by atoms with van der Waals surface area (Å²) in [6.45, 7) is 7.04. The number of unbranched alkanes of at least 4 members (excludes halogenated alkanes) is 1. The van der Waals surface area contributed by atoms with Crippen LogP contribution in [0.4, 0.5) is 0 Å². The second kappa shape index (κ2) is 12.3. The van der Waals surface area contributed by atoms with Crippen molar-refractivity contribution in [3.8, 4) is 0 Å². The highest BCUT2D eigenvalue weighted by molar-refractivity contribution is 7.99. The monoisotopic (exact) mass is 412 g/mol. The molecule has 0 saturated carbocycles. The largest absolute Gasteiger partial charge is 0.354 e. The number of amides is 2. The van der Waals surface area contributed by atoms with Gasteiger partial charge < -0.3 is 10.2 Å². The van der Waals surface area contributed by atoms with E-state index in [2.05, 4.69) is 18.3 Å². The first kappa shape index (κ1) is 23.0. The summed E-state index contributed by atoms with van der Waals surface area (Å²) in [5, 5.41) is 2.96. The summed E-state index contributed by atoms with van der Waals surface area (Å²) in [5.74, 6) is 0.611. The fourth-order valence-electron chi connectivity index (χ4n) is 3.04. The van der Waals surface area contributed by atoms with E-state index in [1.807, 2.05) is 62.4 Å². The van der Waals surface area contributed by atoms with Gasteiger partial charge in [0, 0.05) is 30.2 Å². The predicted octanol–water partition coefficient (Wildman–Crippen LogP) is 4.81. The Kier molecular flexibility index (Phi) is 9.78. The molecule has 2 aromatic carbocycles. The van der Waals surface area contributed by atoms with Crippen LogP contribution >= 0.6 is 11.8 Å². The van der Waals surface area contributed by atoms with Crippen LogP contribution in [0.5, 0.6) is 0 Å². The van der Waals surface area contributed by atoms with Crippen LogP contribution in [-0.2, 0) is 16.1 Å². The molecular formula is C24H32N2O2S. The number of carbonyl (C=O) groups is 2. The molecule has 1 atom stereocenters. The van der Waals surface area contributed by atoms with Gasteiger partial charge in [-0.15, -0.1) is 11.8 Å². The third kappa shape index (κ3) is 7.94. The quantitative estimate of drug-likeness (QED) is 0.426. The Labute approximate surface area is 179 Å². The summed E-state index contributed by atoms with van der Waals surface area (Å²) in [6, 6.07) is 17.7. The average molecular weight is 413 g/mol. The third-order valence-corrected chi connectivity index (χ3v) is 5.77.